The molecule has 3 rings (SSSR count). The molecule has 1 unspecified atom stereocenters. The topological polar surface area (TPSA) is 12.4 Å². The monoisotopic (exact) mass is 445 g/mol. The van der Waals surface area contributed by atoms with E-state index in [0.717, 1.165) is 38.5 Å². The fourth-order valence-electron chi connectivity index (χ4n) is 4.48. The van der Waals surface area contributed by atoms with E-state index in [9.17, 15) is 0 Å². The number of allylic oxidation sites excluding steroid dienone is 8. The van der Waals surface area contributed by atoms with Crippen LogP contribution in [0.25, 0.3) is 0 Å². The number of benzene rings is 1. The molecule has 1 nitrogen and oxygen atoms in total. The van der Waals surface area contributed by atoms with E-state index >= 15 is 0 Å². The van der Waals surface area contributed by atoms with Gasteiger partial charge >= 0.3 is 0 Å². The molecule has 0 saturated carbocycles. The van der Waals surface area contributed by atoms with Gasteiger partial charge in [0.25, 0.3) is 0 Å². The zero-order chi connectivity index (χ0) is 24.8. The molecule has 1 aromatic rings. The maximum absolute atomic E-state index is 4.36. The van der Waals surface area contributed by atoms with Gasteiger partial charge in [-0.05, 0) is 84.8 Å². The Morgan fingerprint density at radius 2 is 1.94 bits per heavy atom. The third kappa shape index (κ3) is 7.72. The average molecular weight is 446 g/mol. The molecule has 0 amide bonds. The Bertz CT molecular complexity index is 964. The molecule has 1 atom stereocenters. The lowest BCUT2D eigenvalue weighted by Gasteiger charge is -2.22. The number of aliphatic imine (C=N–C) groups is 1. The fourth-order valence-corrected chi connectivity index (χ4v) is 4.48. The van der Waals surface area contributed by atoms with Crippen molar-refractivity contribution in [3.05, 3.63) is 99.9 Å². The molecule has 0 N–H and O–H groups in total. The Morgan fingerprint density at radius 3 is 2.58 bits per heavy atom. The van der Waals surface area contributed by atoms with Gasteiger partial charge in [-0.3, -0.25) is 4.99 Å². The first-order valence-electron chi connectivity index (χ1n) is 12.7. The lowest BCUT2D eigenvalue weighted by molar-refractivity contribution is 0.793. The van der Waals surface area contributed by atoms with E-state index < -0.39 is 0 Å². The summed E-state index contributed by atoms with van der Waals surface area (Å²) in [6.45, 7) is 20.4. The van der Waals surface area contributed by atoms with Gasteiger partial charge in [0.1, 0.15) is 0 Å². The van der Waals surface area contributed by atoms with E-state index in [2.05, 4.69) is 68.1 Å². The summed E-state index contributed by atoms with van der Waals surface area (Å²) in [6.07, 6.45) is 12.8. The van der Waals surface area contributed by atoms with E-state index in [1.807, 2.05) is 47.0 Å². The number of hydrogen-bond donors (Lipinski definition) is 0. The number of aryl methyl sites for hydroxylation is 1. The van der Waals surface area contributed by atoms with Gasteiger partial charge in [-0.1, -0.05) is 83.2 Å². The minimum absolute atomic E-state index is 0. The predicted molar refractivity (Wildman–Crippen MR) is 152 cm³/mol. The zero-order valence-corrected chi connectivity index (χ0v) is 22.2. The quantitative estimate of drug-likeness (QED) is 0.214. The smallest absolute Gasteiger partial charge is 0.0287 e. The highest BCUT2D eigenvalue weighted by Gasteiger charge is 2.24. The highest BCUT2D eigenvalue weighted by molar-refractivity contribution is 5.89. The molecule has 0 aromatic heterocycles. The number of hydrogen-bond acceptors (Lipinski definition) is 1. The van der Waals surface area contributed by atoms with E-state index in [1.54, 1.807) is 0 Å². The van der Waals surface area contributed by atoms with E-state index in [1.165, 1.54) is 44.6 Å². The Kier molecular flexibility index (Phi) is 13.1. The molecule has 0 radical (unpaired) electrons. The minimum atomic E-state index is 0. The van der Waals surface area contributed by atoms with Crippen molar-refractivity contribution in [3.8, 4) is 0 Å². The molecule has 180 valence electrons. The van der Waals surface area contributed by atoms with Gasteiger partial charge in [0.05, 0.1) is 0 Å². The van der Waals surface area contributed by atoms with Crippen LogP contribution in [0.1, 0.15) is 92.1 Å². The van der Waals surface area contributed by atoms with Gasteiger partial charge < -0.3 is 0 Å². The standard InChI is InChI=1S/C28H33N.2C2H6.H2/c1-6-21(4)24-13-9-11-22(18-24)10-8-12-23(7-2)26-15-14-25-16-20(3)17-27(25)28(26)19-29-5;2*1-2;/h6,9,11,13,16,18-19,21H,1-2,8,10,12,14-15,17H2,3-5H3;2*1-2H3;1H. The van der Waals surface area contributed by atoms with Gasteiger partial charge in [0.2, 0.25) is 0 Å². The van der Waals surface area contributed by atoms with E-state index in [4.69, 9.17) is 0 Å². The molecule has 1 aromatic carbocycles. The number of nitrogens with zero attached hydrogens (tertiary/aromatic N) is 1. The van der Waals surface area contributed by atoms with Crippen LogP contribution >= 0.6 is 0 Å². The van der Waals surface area contributed by atoms with Crippen molar-refractivity contribution >= 4 is 6.21 Å². The molecule has 33 heavy (non-hydrogen) atoms. The van der Waals surface area contributed by atoms with Crippen LogP contribution in [0.4, 0.5) is 0 Å². The highest BCUT2D eigenvalue weighted by atomic mass is 14.6. The largest absolute Gasteiger partial charge is 0.296 e. The third-order valence-electron chi connectivity index (χ3n) is 6.12. The van der Waals surface area contributed by atoms with Crippen LogP contribution in [0.2, 0.25) is 0 Å². The minimum Gasteiger partial charge on any atom is -0.296 e. The predicted octanol–water partition coefficient (Wildman–Crippen LogP) is 9.75. The van der Waals surface area contributed by atoms with Crippen LogP contribution in [0, 0.1) is 0 Å². The highest BCUT2D eigenvalue weighted by Crippen LogP contribution is 2.41. The lowest BCUT2D eigenvalue weighted by atomic mass is 9.82. The van der Waals surface area contributed by atoms with Crippen molar-refractivity contribution in [3.63, 3.8) is 0 Å². The zero-order valence-electron chi connectivity index (χ0n) is 22.2. The first-order valence-corrected chi connectivity index (χ1v) is 12.7. The van der Waals surface area contributed by atoms with Crippen molar-refractivity contribution in [2.45, 2.75) is 86.0 Å². The summed E-state index contributed by atoms with van der Waals surface area (Å²) in [4.78, 5) is 4.36. The van der Waals surface area contributed by atoms with E-state index in [0.29, 0.717) is 5.92 Å². The Labute approximate surface area is 205 Å². The van der Waals surface area contributed by atoms with Crippen LogP contribution in [-0.2, 0) is 6.42 Å². The second-order valence-electron chi connectivity index (χ2n) is 8.23. The van der Waals surface area contributed by atoms with Crippen molar-refractivity contribution in [2.75, 3.05) is 7.05 Å². The Hall–Kier alpha value is -2.63. The second kappa shape index (κ2) is 15.3. The van der Waals surface area contributed by atoms with Crippen molar-refractivity contribution in [1.82, 2.24) is 0 Å². The summed E-state index contributed by atoms with van der Waals surface area (Å²) in [5.41, 5.74) is 14.4. The molecule has 0 heterocycles. The summed E-state index contributed by atoms with van der Waals surface area (Å²) in [5, 5.41) is 0. The Morgan fingerprint density at radius 1 is 1.21 bits per heavy atom. The summed E-state index contributed by atoms with van der Waals surface area (Å²) in [6, 6.07) is 8.91. The molecule has 0 fully saturated rings. The normalized spacial score (nSPS) is 15.5. The summed E-state index contributed by atoms with van der Waals surface area (Å²) < 4.78 is 0. The van der Waals surface area contributed by atoms with Crippen molar-refractivity contribution < 1.29 is 1.43 Å². The van der Waals surface area contributed by atoms with Gasteiger partial charge in [-0.25, -0.2) is 0 Å². The maximum Gasteiger partial charge on any atom is 0.0287 e. The third-order valence-corrected chi connectivity index (χ3v) is 6.12. The number of rotatable bonds is 8. The maximum atomic E-state index is 4.36. The summed E-state index contributed by atoms with van der Waals surface area (Å²) >= 11 is 0. The molecule has 0 aliphatic heterocycles. The van der Waals surface area contributed by atoms with Gasteiger partial charge in [-0.2, -0.15) is 0 Å². The second-order valence-corrected chi connectivity index (χ2v) is 8.23. The van der Waals surface area contributed by atoms with Gasteiger partial charge in [0, 0.05) is 20.3 Å². The van der Waals surface area contributed by atoms with Crippen LogP contribution in [0.15, 0.2) is 93.7 Å². The molecule has 1 heteroatoms. The van der Waals surface area contributed by atoms with Crippen LogP contribution in [0.3, 0.4) is 0 Å². The lowest BCUT2D eigenvalue weighted by Crippen LogP contribution is -2.07. The molecule has 0 saturated heterocycles. The Balaban J connectivity index is 0.00000207. The van der Waals surface area contributed by atoms with E-state index in [-0.39, 0.29) is 1.43 Å². The van der Waals surface area contributed by atoms with Crippen LogP contribution < -0.4 is 0 Å². The van der Waals surface area contributed by atoms with Crippen LogP contribution in [0.5, 0.6) is 0 Å². The first kappa shape index (κ1) is 28.4. The molecule has 0 bridgehead atoms. The molecular formula is C32H47N. The first-order chi connectivity index (χ1) is 16.1. The molecular weight excluding hydrogens is 398 g/mol. The van der Waals surface area contributed by atoms with Gasteiger partial charge in [-0.15, -0.1) is 12.3 Å². The molecule has 0 spiro atoms. The average Bonchev–Trinajstić information content (AvgIpc) is 3.25. The van der Waals surface area contributed by atoms with Crippen molar-refractivity contribution in [2.24, 2.45) is 4.99 Å². The summed E-state index contributed by atoms with van der Waals surface area (Å²) in [7, 11) is 1.86. The van der Waals surface area contributed by atoms with Crippen LogP contribution in [-0.4, -0.2) is 13.3 Å². The van der Waals surface area contributed by atoms with Gasteiger partial charge in [0.15, 0.2) is 0 Å². The fraction of sp³-hybridized carbons (Fsp3) is 0.438. The van der Waals surface area contributed by atoms with Crippen molar-refractivity contribution in [1.29, 1.82) is 0 Å². The SMILES string of the molecule is C=C=C(CCCc1cccc(C(C)C=C)c1)C1=C(C=NC)C2=C(C=C(C)C2)CC1.CC.CC.[HH]. The molecule has 2 aliphatic rings. The summed E-state index contributed by atoms with van der Waals surface area (Å²) in [5.74, 6) is 0.396. The molecule has 2 aliphatic carbocycles.